The number of methoxy groups -OCH3 is 2. The average Bonchev–Trinajstić information content (AvgIpc) is 2.70. The highest BCUT2D eigenvalue weighted by Crippen LogP contribution is 2.30. The Kier molecular flexibility index (Phi) is 5.74. The van der Waals surface area contributed by atoms with E-state index in [9.17, 15) is 4.79 Å². The lowest BCUT2D eigenvalue weighted by Crippen LogP contribution is -2.15. The van der Waals surface area contributed by atoms with E-state index in [1.54, 1.807) is 44.7 Å². The molecule has 2 N–H and O–H groups in total. The maximum atomic E-state index is 12.6. The van der Waals surface area contributed by atoms with Crippen LogP contribution in [0.5, 0.6) is 11.5 Å². The summed E-state index contributed by atoms with van der Waals surface area (Å²) in [7, 11) is 3.10. The van der Waals surface area contributed by atoms with Gasteiger partial charge in [0.2, 0.25) is 5.95 Å². The monoisotopic (exact) mass is 378 g/mol. The second-order valence-electron chi connectivity index (χ2n) is 6.23. The minimum Gasteiger partial charge on any atom is -0.493 e. The van der Waals surface area contributed by atoms with Crippen molar-refractivity contribution in [2.75, 3.05) is 24.9 Å². The van der Waals surface area contributed by atoms with Gasteiger partial charge in [-0.15, -0.1) is 0 Å². The molecule has 0 radical (unpaired) electrons. The first-order chi connectivity index (χ1) is 13.5. The summed E-state index contributed by atoms with van der Waals surface area (Å²) in [5, 5.41) is 5.95. The lowest BCUT2D eigenvalue weighted by molar-refractivity contribution is 0.102. The van der Waals surface area contributed by atoms with Crippen molar-refractivity contribution in [3.05, 3.63) is 65.5 Å². The van der Waals surface area contributed by atoms with Crippen LogP contribution in [-0.4, -0.2) is 30.1 Å². The number of carbonyl (C=O) groups is 1. The summed E-state index contributed by atoms with van der Waals surface area (Å²) < 4.78 is 10.5. The van der Waals surface area contributed by atoms with E-state index in [-0.39, 0.29) is 11.6 Å². The van der Waals surface area contributed by atoms with Crippen LogP contribution < -0.4 is 20.1 Å². The Labute approximate surface area is 163 Å². The zero-order valence-corrected chi connectivity index (χ0v) is 16.2. The third-order valence-electron chi connectivity index (χ3n) is 4.16. The molecule has 0 atom stereocenters. The molecule has 0 aliphatic carbocycles. The molecule has 0 aliphatic heterocycles. The highest BCUT2D eigenvalue weighted by molar-refractivity contribution is 6.03. The maximum Gasteiger partial charge on any atom is 0.274 e. The van der Waals surface area contributed by atoms with Crippen LogP contribution in [0.25, 0.3) is 0 Å². The largest absolute Gasteiger partial charge is 0.493 e. The fraction of sp³-hybridized carbons (Fsp3) is 0.190. The molecule has 3 aromatic rings. The predicted octanol–water partition coefficient (Wildman–Crippen LogP) is 4.11. The van der Waals surface area contributed by atoms with E-state index in [0.29, 0.717) is 23.1 Å². The molecule has 7 heteroatoms. The molecule has 3 rings (SSSR count). The first kappa shape index (κ1) is 19.2. The van der Waals surface area contributed by atoms with Gasteiger partial charge < -0.3 is 20.1 Å². The minimum absolute atomic E-state index is 0.247. The van der Waals surface area contributed by atoms with E-state index in [2.05, 4.69) is 26.7 Å². The van der Waals surface area contributed by atoms with Crippen molar-refractivity contribution in [1.29, 1.82) is 0 Å². The van der Waals surface area contributed by atoms with Crippen LogP contribution in [-0.2, 0) is 0 Å². The summed E-state index contributed by atoms with van der Waals surface area (Å²) in [6.45, 7) is 4.04. The molecule has 144 valence electrons. The number of hydrogen-bond acceptors (Lipinski definition) is 6. The van der Waals surface area contributed by atoms with Crippen molar-refractivity contribution in [2.45, 2.75) is 13.8 Å². The molecular formula is C21H22N4O3. The number of ether oxygens (including phenoxy) is 2. The van der Waals surface area contributed by atoms with Crippen molar-refractivity contribution < 1.29 is 14.3 Å². The highest BCUT2D eigenvalue weighted by atomic mass is 16.5. The minimum atomic E-state index is -0.349. The fourth-order valence-electron chi connectivity index (χ4n) is 2.73. The fourth-order valence-corrected chi connectivity index (χ4v) is 2.73. The molecule has 0 unspecified atom stereocenters. The van der Waals surface area contributed by atoms with Gasteiger partial charge in [0.05, 0.1) is 14.2 Å². The Morgan fingerprint density at radius 3 is 2.46 bits per heavy atom. The Morgan fingerprint density at radius 1 is 0.964 bits per heavy atom. The third-order valence-corrected chi connectivity index (χ3v) is 4.16. The van der Waals surface area contributed by atoms with Crippen LogP contribution in [0, 0.1) is 13.8 Å². The average molecular weight is 378 g/mol. The maximum absolute atomic E-state index is 12.6. The van der Waals surface area contributed by atoms with Gasteiger partial charge in [-0.05, 0) is 43.7 Å². The van der Waals surface area contributed by atoms with E-state index in [1.807, 2.05) is 26.0 Å². The second-order valence-corrected chi connectivity index (χ2v) is 6.23. The number of anilines is 3. The van der Waals surface area contributed by atoms with Gasteiger partial charge in [0.15, 0.2) is 11.5 Å². The van der Waals surface area contributed by atoms with Gasteiger partial charge in [-0.1, -0.05) is 17.7 Å². The van der Waals surface area contributed by atoms with Crippen LogP contribution in [0.15, 0.2) is 48.7 Å². The first-order valence-corrected chi connectivity index (χ1v) is 8.71. The summed E-state index contributed by atoms with van der Waals surface area (Å²) in [6, 6.07) is 12.7. The molecule has 1 amide bonds. The first-order valence-electron chi connectivity index (χ1n) is 8.71. The molecule has 0 bridgehead atoms. The molecule has 0 aliphatic rings. The normalized spacial score (nSPS) is 10.3. The van der Waals surface area contributed by atoms with E-state index in [4.69, 9.17) is 9.47 Å². The van der Waals surface area contributed by atoms with Gasteiger partial charge in [-0.25, -0.2) is 9.97 Å². The highest BCUT2D eigenvalue weighted by Gasteiger charge is 2.12. The number of carbonyl (C=O) groups excluding carboxylic acids is 1. The molecule has 0 saturated carbocycles. The van der Waals surface area contributed by atoms with E-state index < -0.39 is 0 Å². The van der Waals surface area contributed by atoms with E-state index >= 15 is 0 Å². The molecule has 0 spiro atoms. The second kappa shape index (κ2) is 8.39. The summed E-state index contributed by atoms with van der Waals surface area (Å²) >= 11 is 0. The lowest BCUT2D eigenvalue weighted by Gasteiger charge is -2.11. The van der Waals surface area contributed by atoms with Gasteiger partial charge in [-0.3, -0.25) is 4.79 Å². The number of amides is 1. The van der Waals surface area contributed by atoms with Crippen LogP contribution >= 0.6 is 0 Å². The molecular weight excluding hydrogens is 356 g/mol. The molecule has 1 aromatic heterocycles. The van der Waals surface area contributed by atoms with Crippen molar-refractivity contribution >= 4 is 23.2 Å². The summed E-state index contributed by atoms with van der Waals surface area (Å²) in [5.41, 5.74) is 3.96. The third kappa shape index (κ3) is 4.37. The standard InChI is InChI=1S/C21H22N4O3/c1-13-5-7-16(14(2)11-13)24-21-22-10-9-17(25-21)20(26)23-15-6-8-18(27-3)19(12-15)28-4/h5-12H,1-4H3,(H,23,26)(H,22,24,25). The topological polar surface area (TPSA) is 85.4 Å². The lowest BCUT2D eigenvalue weighted by atomic mass is 10.1. The van der Waals surface area contributed by atoms with Gasteiger partial charge in [0, 0.05) is 23.6 Å². The van der Waals surface area contributed by atoms with Crippen molar-refractivity contribution in [3.8, 4) is 11.5 Å². The number of benzene rings is 2. The Morgan fingerprint density at radius 2 is 1.75 bits per heavy atom. The van der Waals surface area contributed by atoms with Crippen LogP contribution in [0.2, 0.25) is 0 Å². The molecule has 7 nitrogen and oxygen atoms in total. The number of nitrogens with one attached hydrogen (secondary N) is 2. The van der Waals surface area contributed by atoms with Gasteiger partial charge in [-0.2, -0.15) is 0 Å². The summed E-state index contributed by atoms with van der Waals surface area (Å²) in [4.78, 5) is 21.1. The number of nitrogens with zero attached hydrogens (tertiary/aromatic N) is 2. The van der Waals surface area contributed by atoms with E-state index in [1.165, 1.54) is 5.56 Å². The smallest absolute Gasteiger partial charge is 0.274 e. The van der Waals surface area contributed by atoms with Crippen LogP contribution in [0.1, 0.15) is 21.6 Å². The molecule has 0 saturated heterocycles. The molecule has 2 aromatic carbocycles. The van der Waals surface area contributed by atoms with E-state index in [0.717, 1.165) is 11.3 Å². The van der Waals surface area contributed by atoms with Gasteiger partial charge >= 0.3 is 0 Å². The van der Waals surface area contributed by atoms with Crippen molar-refractivity contribution in [2.24, 2.45) is 0 Å². The number of aromatic nitrogens is 2. The Balaban J connectivity index is 1.77. The van der Waals surface area contributed by atoms with Gasteiger partial charge in [0.25, 0.3) is 5.91 Å². The zero-order valence-electron chi connectivity index (χ0n) is 16.2. The Bertz CT molecular complexity index is 1000. The number of hydrogen-bond donors (Lipinski definition) is 2. The SMILES string of the molecule is COc1ccc(NC(=O)c2ccnc(Nc3ccc(C)cc3C)n2)cc1OC. The van der Waals surface area contributed by atoms with Crippen LogP contribution in [0.3, 0.4) is 0 Å². The van der Waals surface area contributed by atoms with Gasteiger partial charge in [0.1, 0.15) is 5.69 Å². The van der Waals surface area contributed by atoms with Crippen LogP contribution in [0.4, 0.5) is 17.3 Å². The molecule has 0 fully saturated rings. The molecule has 28 heavy (non-hydrogen) atoms. The quantitative estimate of drug-likeness (QED) is 0.671. The van der Waals surface area contributed by atoms with Crippen molar-refractivity contribution in [3.63, 3.8) is 0 Å². The number of rotatable bonds is 6. The zero-order chi connectivity index (χ0) is 20.1. The summed E-state index contributed by atoms with van der Waals surface area (Å²) in [5.74, 6) is 1.12. The van der Waals surface area contributed by atoms with Crippen molar-refractivity contribution in [1.82, 2.24) is 9.97 Å². The summed E-state index contributed by atoms with van der Waals surface area (Å²) in [6.07, 6.45) is 1.54. The predicted molar refractivity (Wildman–Crippen MR) is 109 cm³/mol. The number of aryl methyl sites for hydroxylation is 2. The Hall–Kier alpha value is -3.61. The molecule has 1 heterocycles.